The molecule has 0 aliphatic carbocycles. The van der Waals surface area contributed by atoms with Gasteiger partial charge in [-0.15, -0.1) is 0 Å². The van der Waals surface area contributed by atoms with Crippen LogP contribution in [0.1, 0.15) is 39.5 Å². The number of hydrogen-bond acceptors (Lipinski definition) is 2. The third kappa shape index (κ3) is 7.19. The van der Waals surface area contributed by atoms with Crippen molar-refractivity contribution >= 4 is 6.03 Å². The number of carbonyl (C=O) groups excluding carboxylic acids is 1. The molecule has 4 nitrogen and oxygen atoms in total. The number of nitrogens with two attached hydrogens (primary N) is 1. The lowest BCUT2D eigenvalue weighted by atomic mass is 10.2. The van der Waals surface area contributed by atoms with Crippen LogP contribution in [0, 0.1) is 0 Å². The van der Waals surface area contributed by atoms with Gasteiger partial charge in [-0.2, -0.15) is 0 Å². The summed E-state index contributed by atoms with van der Waals surface area (Å²) in [5.74, 6) is 0. The molecule has 0 atom stereocenters. The Balaban J connectivity index is 3.38. The summed E-state index contributed by atoms with van der Waals surface area (Å²) >= 11 is 0. The number of amides is 2. The van der Waals surface area contributed by atoms with Gasteiger partial charge in [0.25, 0.3) is 0 Å². The van der Waals surface area contributed by atoms with Gasteiger partial charge in [0.1, 0.15) is 0 Å². The van der Waals surface area contributed by atoms with Crippen molar-refractivity contribution in [3.8, 4) is 0 Å². The highest BCUT2D eigenvalue weighted by atomic mass is 16.2. The first kappa shape index (κ1) is 14.2. The maximum absolute atomic E-state index is 11.5. The van der Waals surface area contributed by atoms with Crippen molar-refractivity contribution in [2.24, 2.45) is 5.73 Å². The number of nitrogens with zero attached hydrogens (tertiary/aromatic N) is 1. The quantitative estimate of drug-likeness (QED) is 0.604. The first-order valence-corrected chi connectivity index (χ1v) is 5.99. The average molecular weight is 215 g/mol. The maximum atomic E-state index is 11.5. The molecule has 4 heteroatoms. The molecule has 0 aromatic carbocycles. The fourth-order valence-electron chi connectivity index (χ4n) is 1.44. The second kappa shape index (κ2) is 9.77. The first-order valence-electron chi connectivity index (χ1n) is 5.99. The lowest BCUT2D eigenvalue weighted by Crippen LogP contribution is -2.40. The molecule has 0 aliphatic heterocycles. The number of nitrogens with one attached hydrogen (secondary N) is 1. The van der Waals surface area contributed by atoms with E-state index in [2.05, 4.69) is 5.32 Å². The van der Waals surface area contributed by atoms with Gasteiger partial charge in [0.15, 0.2) is 0 Å². The normalized spacial score (nSPS) is 10.1. The van der Waals surface area contributed by atoms with Gasteiger partial charge in [-0.05, 0) is 33.2 Å². The molecule has 0 radical (unpaired) electrons. The predicted molar refractivity (Wildman–Crippen MR) is 63.8 cm³/mol. The number of carbonyl (C=O) groups is 1. The molecule has 0 aliphatic rings. The molecule has 0 bridgehead atoms. The minimum absolute atomic E-state index is 0.0545. The Morgan fingerprint density at radius 1 is 1.13 bits per heavy atom. The van der Waals surface area contributed by atoms with E-state index in [0.717, 1.165) is 51.9 Å². The molecule has 0 saturated carbocycles. The van der Waals surface area contributed by atoms with Crippen molar-refractivity contribution in [2.75, 3.05) is 26.2 Å². The lowest BCUT2D eigenvalue weighted by Gasteiger charge is -2.19. The van der Waals surface area contributed by atoms with Crippen LogP contribution in [0.3, 0.4) is 0 Å². The molecule has 0 unspecified atom stereocenters. The van der Waals surface area contributed by atoms with E-state index in [1.54, 1.807) is 4.90 Å². The largest absolute Gasteiger partial charge is 0.338 e. The first-order chi connectivity index (χ1) is 7.26. The van der Waals surface area contributed by atoms with Crippen LogP contribution in [0.15, 0.2) is 0 Å². The Kier molecular flexibility index (Phi) is 9.27. The highest BCUT2D eigenvalue weighted by Crippen LogP contribution is 1.97. The van der Waals surface area contributed by atoms with E-state index < -0.39 is 0 Å². The smallest absolute Gasteiger partial charge is 0.317 e. The molecule has 0 saturated heterocycles. The number of urea groups is 1. The third-order valence-corrected chi connectivity index (χ3v) is 2.46. The molecule has 0 rings (SSSR count). The van der Waals surface area contributed by atoms with Gasteiger partial charge in [-0.3, -0.25) is 0 Å². The summed E-state index contributed by atoms with van der Waals surface area (Å²) in [4.78, 5) is 13.3. The molecular formula is C11H25N3O. The lowest BCUT2D eigenvalue weighted by molar-refractivity contribution is 0.203. The summed E-state index contributed by atoms with van der Waals surface area (Å²) in [6.07, 6.45) is 4.45. The van der Waals surface area contributed by atoms with Crippen LogP contribution in [0.25, 0.3) is 0 Å². The Morgan fingerprint density at radius 3 is 2.27 bits per heavy atom. The van der Waals surface area contributed by atoms with E-state index in [0.29, 0.717) is 0 Å². The van der Waals surface area contributed by atoms with Gasteiger partial charge in [-0.25, -0.2) is 4.79 Å². The minimum Gasteiger partial charge on any atom is -0.338 e. The van der Waals surface area contributed by atoms with E-state index in [-0.39, 0.29) is 6.03 Å². The number of unbranched alkanes of at least 4 members (excludes halogenated alkanes) is 3. The zero-order valence-corrected chi connectivity index (χ0v) is 10.1. The number of hydrogen-bond donors (Lipinski definition) is 2. The molecule has 0 spiro atoms. The Bertz CT molecular complexity index is 158. The van der Waals surface area contributed by atoms with Crippen molar-refractivity contribution in [1.29, 1.82) is 0 Å². The summed E-state index contributed by atoms with van der Waals surface area (Å²) in [6.45, 7) is 7.07. The Hall–Kier alpha value is -0.770. The summed E-state index contributed by atoms with van der Waals surface area (Å²) in [7, 11) is 0. The number of rotatable bonds is 8. The fourth-order valence-corrected chi connectivity index (χ4v) is 1.44. The molecular weight excluding hydrogens is 190 g/mol. The monoisotopic (exact) mass is 215 g/mol. The summed E-state index contributed by atoms with van der Waals surface area (Å²) in [5.41, 5.74) is 5.39. The van der Waals surface area contributed by atoms with E-state index in [9.17, 15) is 4.79 Å². The van der Waals surface area contributed by atoms with Gasteiger partial charge >= 0.3 is 6.03 Å². The zero-order valence-electron chi connectivity index (χ0n) is 10.1. The van der Waals surface area contributed by atoms with Crippen LogP contribution in [0.4, 0.5) is 4.79 Å². The highest BCUT2D eigenvalue weighted by Gasteiger charge is 2.06. The van der Waals surface area contributed by atoms with Crippen molar-refractivity contribution in [1.82, 2.24) is 10.2 Å². The van der Waals surface area contributed by atoms with Crippen molar-refractivity contribution in [2.45, 2.75) is 39.5 Å². The maximum Gasteiger partial charge on any atom is 0.317 e. The molecule has 0 aromatic heterocycles. The molecule has 2 amide bonds. The second-order valence-electron chi connectivity index (χ2n) is 3.61. The highest BCUT2D eigenvalue weighted by molar-refractivity contribution is 5.73. The topological polar surface area (TPSA) is 58.4 Å². The molecule has 3 N–H and O–H groups in total. The van der Waals surface area contributed by atoms with Crippen LogP contribution in [0.5, 0.6) is 0 Å². The van der Waals surface area contributed by atoms with Gasteiger partial charge in [0.05, 0.1) is 0 Å². The summed E-state index contributed by atoms with van der Waals surface area (Å²) in [5, 5.41) is 2.92. The van der Waals surface area contributed by atoms with E-state index in [1.165, 1.54) is 0 Å². The van der Waals surface area contributed by atoms with E-state index >= 15 is 0 Å². The van der Waals surface area contributed by atoms with E-state index in [4.69, 9.17) is 5.73 Å². The Labute approximate surface area is 93.2 Å². The van der Waals surface area contributed by atoms with Crippen molar-refractivity contribution in [3.05, 3.63) is 0 Å². The minimum atomic E-state index is 0.0545. The van der Waals surface area contributed by atoms with Gasteiger partial charge < -0.3 is 16.0 Å². The molecule has 0 fully saturated rings. The van der Waals surface area contributed by atoms with Crippen molar-refractivity contribution < 1.29 is 4.79 Å². The van der Waals surface area contributed by atoms with Gasteiger partial charge in [0, 0.05) is 19.6 Å². The third-order valence-electron chi connectivity index (χ3n) is 2.46. The van der Waals surface area contributed by atoms with Crippen LogP contribution in [0.2, 0.25) is 0 Å². The van der Waals surface area contributed by atoms with E-state index in [1.807, 2.05) is 13.8 Å². The fraction of sp³-hybridized carbons (Fsp3) is 0.909. The summed E-state index contributed by atoms with van der Waals surface area (Å²) < 4.78 is 0. The standard InChI is InChI=1S/C11H25N3O/c1-3-14(4-2)11(15)13-10-8-6-5-7-9-12/h3-10,12H2,1-2H3,(H,13,15). The van der Waals surface area contributed by atoms with Crippen LogP contribution >= 0.6 is 0 Å². The van der Waals surface area contributed by atoms with Gasteiger partial charge in [-0.1, -0.05) is 12.8 Å². The van der Waals surface area contributed by atoms with Gasteiger partial charge in [0.2, 0.25) is 0 Å². The van der Waals surface area contributed by atoms with Crippen LogP contribution in [-0.4, -0.2) is 37.1 Å². The van der Waals surface area contributed by atoms with Crippen molar-refractivity contribution in [3.63, 3.8) is 0 Å². The molecule has 0 aromatic rings. The Morgan fingerprint density at radius 2 is 1.73 bits per heavy atom. The van der Waals surface area contributed by atoms with Crippen LogP contribution < -0.4 is 11.1 Å². The second-order valence-corrected chi connectivity index (χ2v) is 3.61. The SMILES string of the molecule is CCN(CC)C(=O)NCCCCCCN. The van der Waals surface area contributed by atoms with Crippen LogP contribution in [-0.2, 0) is 0 Å². The zero-order chi connectivity index (χ0) is 11.5. The predicted octanol–water partition coefficient (Wildman–Crippen LogP) is 1.56. The average Bonchev–Trinajstić information content (AvgIpc) is 2.25. The summed E-state index contributed by atoms with van der Waals surface area (Å²) in [6, 6.07) is 0.0545. The molecule has 90 valence electrons. The molecule has 0 heterocycles. The molecule has 15 heavy (non-hydrogen) atoms.